The van der Waals surface area contributed by atoms with Crippen LogP contribution in [-0.4, -0.2) is 30.6 Å². The second kappa shape index (κ2) is 5.41. The van der Waals surface area contributed by atoms with Gasteiger partial charge in [-0.2, -0.15) is 0 Å². The highest BCUT2D eigenvalue weighted by Crippen LogP contribution is 2.31. The summed E-state index contributed by atoms with van der Waals surface area (Å²) in [6, 6.07) is 10.3. The molecule has 1 N–H and O–H groups in total. The van der Waals surface area contributed by atoms with Crippen molar-refractivity contribution in [3.8, 4) is 0 Å². The van der Waals surface area contributed by atoms with E-state index < -0.39 is 0 Å². The molecule has 1 heterocycles. The first kappa shape index (κ1) is 12.2. The van der Waals surface area contributed by atoms with Crippen LogP contribution in [0.1, 0.15) is 43.4 Å². The molecule has 0 amide bonds. The molecule has 1 aromatic carbocycles. The Balaban J connectivity index is 1.59. The molecule has 1 aromatic rings. The number of rotatable bonds is 3. The fraction of sp³-hybridized carbons (Fsp3) is 0.625. The number of hydrogen-bond donors (Lipinski definition) is 1. The number of aryl methyl sites for hydroxylation is 1. The van der Waals surface area contributed by atoms with Crippen molar-refractivity contribution in [2.24, 2.45) is 0 Å². The zero-order valence-corrected chi connectivity index (χ0v) is 11.4. The summed E-state index contributed by atoms with van der Waals surface area (Å²) in [5, 5.41) is 3.89. The molecule has 3 rings (SSSR count). The molecule has 0 spiro atoms. The lowest BCUT2D eigenvalue weighted by Gasteiger charge is -2.33. The summed E-state index contributed by atoms with van der Waals surface area (Å²) in [6.45, 7) is 6.00. The average molecular weight is 244 g/mol. The maximum Gasteiger partial charge on any atom is 0.0328 e. The van der Waals surface area contributed by atoms with E-state index in [4.69, 9.17) is 0 Å². The average Bonchev–Trinajstić information content (AvgIpc) is 2.83. The number of benzene rings is 1. The number of nitrogens with zero attached hydrogens (tertiary/aromatic N) is 1. The molecule has 1 fully saturated rings. The van der Waals surface area contributed by atoms with E-state index in [2.05, 4.69) is 41.4 Å². The first-order valence-corrected chi connectivity index (χ1v) is 7.43. The Morgan fingerprint density at radius 2 is 1.94 bits per heavy atom. The molecule has 0 radical (unpaired) electrons. The lowest BCUT2D eigenvalue weighted by atomic mass is 10.0. The molecule has 0 aromatic heterocycles. The van der Waals surface area contributed by atoms with Crippen LogP contribution in [0.4, 0.5) is 0 Å². The van der Waals surface area contributed by atoms with Crippen LogP contribution in [0, 0.1) is 0 Å². The van der Waals surface area contributed by atoms with E-state index in [9.17, 15) is 0 Å². The van der Waals surface area contributed by atoms with Crippen LogP contribution in [-0.2, 0) is 6.42 Å². The molecule has 2 nitrogen and oxygen atoms in total. The molecule has 0 bridgehead atoms. The number of fused-ring (bicyclic) bond motifs is 1. The van der Waals surface area contributed by atoms with Gasteiger partial charge in [0.25, 0.3) is 0 Å². The van der Waals surface area contributed by atoms with Crippen molar-refractivity contribution >= 4 is 0 Å². The highest BCUT2D eigenvalue weighted by Gasteiger charge is 2.26. The first-order chi connectivity index (χ1) is 8.86. The Labute approximate surface area is 110 Å². The van der Waals surface area contributed by atoms with E-state index in [0.717, 1.165) is 6.04 Å². The molecule has 1 unspecified atom stereocenters. The molecule has 1 saturated heterocycles. The van der Waals surface area contributed by atoms with Crippen molar-refractivity contribution in [1.29, 1.82) is 0 Å². The van der Waals surface area contributed by atoms with Crippen molar-refractivity contribution in [2.45, 2.75) is 44.7 Å². The van der Waals surface area contributed by atoms with Crippen molar-refractivity contribution in [3.63, 3.8) is 0 Å². The van der Waals surface area contributed by atoms with Gasteiger partial charge in [-0.3, -0.25) is 0 Å². The van der Waals surface area contributed by atoms with Crippen molar-refractivity contribution in [2.75, 3.05) is 19.6 Å². The summed E-state index contributed by atoms with van der Waals surface area (Å²) < 4.78 is 0. The third-order valence-corrected chi connectivity index (χ3v) is 4.60. The summed E-state index contributed by atoms with van der Waals surface area (Å²) in [5.74, 6) is 0. The topological polar surface area (TPSA) is 15.3 Å². The van der Waals surface area contributed by atoms with Crippen LogP contribution in [0.2, 0.25) is 0 Å². The van der Waals surface area contributed by atoms with Gasteiger partial charge in [-0.25, -0.2) is 0 Å². The fourth-order valence-corrected chi connectivity index (χ4v) is 3.43. The Bertz CT molecular complexity index is 394. The number of piperidine rings is 1. The van der Waals surface area contributed by atoms with Crippen LogP contribution >= 0.6 is 0 Å². The maximum atomic E-state index is 3.89. The fourth-order valence-electron chi connectivity index (χ4n) is 3.43. The largest absolute Gasteiger partial charge is 0.307 e. The van der Waals surface area contributed by atoms with E-state index in [0.29, 0.717) is 6.04 Å². The standard InChI is InChI=1S/C16H24N2/c1-2-18-11-9-14(10-12-18)17-16-8-7-13-5-3-4-6-15(13)16/h3-6,14,16-17H,2,7-12H2,1H3. The molecular weight excluding hydrogens is 220 g/mol. The van der Waals surface area contributed by atoms with Crippen molar-refractivity contribution < 1.29 is 0 Å². The normalized spacial score (nSPS) is 25.3. The third kappa shape index (κ3) is 2.45. The van der Waals surface area contributed by atoms with Crippen LogP contribution in [0.3, 0.4) is 0 Å². The Hall–Kier alpha value is -0.860. The lowest BCUT2D eigenvalue weighted by Crippen LogP contribution is -2.43. The molecule has 2 aliphatic rings. The summed E-state index contributed by atoms with van der Waals surface area (Å²) in [7, 11) is 0. The monoisotopic (exact) mass is 244 g/mol. The molecule has 1 atom stereocenters. The molecule has 98 valence electrons. The summed E-state index contributed by atoms with van der Waals surface area (Å²) in [5.41, 5.74) is 3.11. The second-order valence-electron chi connectivity index (χ2n) is 5.67. The predicted molar refractivity (Wildman–Crippen MR) is 75.8 cm³/mol. The highest BCUT2D eigenvalue weighted by molar-refractivity contribution is 5.34. The van der Waals surface area contributed by atoms with Crippen LogP contribution in [0.5, 0.6) is 0 Å². The minimum atomic E-state index is 0.611. The van der Waals surface area contributed by atoms with Gasteiger partial charge in [-0.1, -0.05) is 31.2 Å². The third-order valence-electron chi connectivity index (χ3n) is 4.60. The Morgan fingerprint density at radius 1 is 1.17 bits per heavy atom. The number of hydrogen-bond acceptors (Lipinski definition) is 2. The van der Waals surface area contributed by atoms with Gasteiger partial charge in [0.1, 0.15) is 0 Å². The zero-order valence-electron chi connectivity index (χ0n) is 11.4. The van der Waals surface area contributed by atoms with Gasteiger partial charge < -0.3 is 10.2 Å². The molecule has 1 aliphatic carbocycles. The highest BCUT2D eigenvalue weighted by atomic mass is 15.1. The minimum Gasteiger partial charge on any atom is -0.307 e. The number of nitrogens with one attached hydrogen (secondary N) is 1. The van der Waals surface area contributed by atoms with Gasteiger partial charge in [0.05, 0.1) is 0 Å². The van der Waals surface area contributed by atoms with Gasteiger partial charge in [0.2, 0.25) is 0 Å². The van der Waals surface area contributed by atoms with Gasteiger partial charge in [0, 0.05) is 12.1 Å². The molecular formula is C16H24N2. The molecule has 2 heteroatoms. The van der Waals surface area contributed by atoms with Crippen LogP contribution < -0.4 is 5.32 Å². The smallest absolute Gasteiger partial charge is 0.0328 e. The maximum absolute atomic E-state index is 3.89. The summed E-state index contributed by atoms with van der Waals surface area (Å²) >= 11 is 0. The van der Waals surface area contributed by atoms with Gasteiger partial charge >= 0.3 is 0 Å². The minimum absolute atomic E-state index is 0.611. The second-order valence-corrected chi connectivity index (χ2v) is 5.67. The van der Waals surface area contributed by atoms with E-state index in [1.54, 1.807) is 11.1 Å². The first-order valence-electron chi connectivity index (χ1n) is 7.43. The van der Waals surface area contributed by atoms with E-state index in [1.165, 1.54) is 45.3 Å². The van der Waals surface area contributed by atoms with Gasteiger partial charge in [-0.15, -0.1) is 0 Å². The summed E-state index contributed by atoms with van der Waals surface area (Å²) in [4.78, 5) is 2.56. The van der Waals surface area contributed by atoms with E-state index in [-0.39, 0.29) is 0 Å². The van der Waals surface area contributed by atoms with Crippen molar-refractivity contribution in [1.82, 2.24) is 10.2 Å². The predicted octanol–water partition coefficient (Wildman–Crippen LogP) is 2.75. The van der Waals surface area contributed by atoms with Gasteiger partial charge in [-0.05, 0) is 56.4 Å². The number of likely N-dealkylation sites (tertiary alicyclic amines) is 1. The zero-order chi connectivity index (χ0) is 12.4. The molecule has 18 heavy (non-hydrogen) atoms. The molecule has 1 aliphatic heterocycles. The SMILES string of the molecule is CCN1CCC(NC2CCc3ccccc32)CC1. The van der Waals surface area contributed by atoms with E-state index >= 15 is 0 Å². The van der Waals surface area contributed by atoms with Crippen molar-refractivity contribution in [3.05, 3.63) is 35.4 Å². The van der Waals surface area contributed by atoms with Crippen LogP contribution in [0.25, 0.3) is 0 Å². The Kier molecular flexibility index (Phi) is 3.67. The van der Waals surface area contributed by atoms with E-state index in [1.807, 2.05) is 0 Å². The van der Waals surface area contributed by atoms with Crippen LogP contribution in [0.15, 0.2) is 24.3 Å². The van der Waals surface area contributed by atoms with Gasteiger partial charge in [0.15, 0.2) is 0 Å². The Morgan fingerprint density at radius 3 is 2.72 bits per heavy atom. The quantitative estimate of drug-likeness (QED) is 0.879. The lowest BCUT2D eigenvalue weighted by molar-refractivity contribution is 0.198. The summed E-state index contributed by atoms with van der Waals surface area (Å²) in [6.07, 6.45) is 5.16. The molecule has 0 saturated carbocycles.